The van der Waals surface area contributed by atoms with E-state index in [9.17, 15) is 20.0 Å². The molecule has 8 nitrogen and oxygen atoms in total. The molecule has 8 heteroatoms. The molecule has 164 valence electrons. The van der Waals surface area contributed by atoms with Crippen LogP contribution in [-0.4, -0.2) is 65.3 Å². The van der Waals surface area contributed by atoms with Crippen molar-refractivity contribution in [1.82, 2.24) is 10.1 Å². The molecule has 2 aliphatic rings. The van der Waals surface area contributed by atoms with E-state index in [-0.39, 0.29) is 11.6 Å². The lowest BCUT2D eigenvalue weighted by molar-refractivity contribution is -0.237. The number of hydrogen-bond donors (Lipinski definition) is 3. The average Bonchev–Trinajstić information content (AvgIpc) is 2.40. The van der Waals surface area contributed by atoms with E-state index < -0.39 is 28.1 Å². The van der Waals surface area contributed by atoms with Crippen LogP contribution < -0.4 is 0 Å². The smallest absolute Gasteiger partial charge is 0.300 e. The minimum atomic E-state index is -0.833. The van der Waals surface area contributed by atoms with Crippen LogP contribution in [0, 0.1) is 0 Å². The Morgan fingerprint density at radius 1 is 0.679 bits per heavy atom. The number of carbonyl (C=O) groups is 3. The summed E-state index contributed by atoms with van der Waals surface area (Å²) >= 11 is 0. The van der Waals surface area contributed by atoms with Gasteiger partial charge in [0.1, 0.15) is 11.6 Å². The second kappa shape index (κ2) is 8.98. The number of hydroxylamine groups is 4. The quantitative estimate of drug-likeness (QED) is 0.565. The third kappa shape index (κ3) is 7.58. The predicted octanol–water partition coefficient (Wildman–Crippen LogP) is 3.29. The zero-order chi connectivity index (χ0) is 22.7. The molecule has 0 radical (unpaired) electrons. The molecular weight excluding hydrogens is 364 g/mol. The molecule has 0 bridgehead atoms. The van der Waals surface area contributed by atoms with Crippen LogP contribution in [0.3, 0.4) is 0 Å². The molecule has 0 aromatic rings. The van der Waals surface area contributed by atoms with E-state index in [2.05, 4.69) is 0 Å². The molecule has 2 saturated heterocycles. The van der Waals surface area contributed by atoms with E-state index in [1.54, 1.807) is 0 Å². The van der Waals surface area contributed by atoms with E-state index in [0.29, 0.717) is 25.7 Å². The van der Waals surface area contributed by atoms with Crippen LogP contribution in [-0.2, 0) is 14.4 Å². The highest BCUT2D eigenvalue weighted by molar-refractivity contribution is 5.82. The topological polar surface area (TPSA) is 118 Å². The molecule has 0 saturated carbocycles. The van der Waals surface area contributed by atoms with Crippen molar-refractivity contribution < 1.29 is 29.9 Å². The second-order valence-electron chi connectivity index (χ2n) is 10.2. The van der Waals surface area contributed by atoms with Crippen molar-refractivity contribution >= 4 is 17.5 Å². The van der Waals surface area contributed by atoms with Crippen molar-refractivity contribution in [3.05, 3.63) is 0 Å². The van der Waals surface area contributed by atoms with Gasteiger partial charge in [-0.05, 0) is 55.4 Å². The number of hydrogen-bond acceptors (Lipinski definition) is 7. The number of carboxylic acid groups (broad SMARTS) is 1. The molecule has 2 heterocycles. The van der Waals surface area contributed by atoms with Gasteiger partial charge in [0, 0.05) is 54.8 Å². The first-order chi connectivity index (χ1) is 12.2. The average molecular weight is 403 g/mol. The summed E-state index contributed by atoms with van der Waals surface area (Å²) in [6, 6.07) is 0. The Hall–Kier alpha value is -1.35. The Balaban J connectivity index is 0.000000439. The predicted molar refractivity (Wildman–Crippen MR) is 105 cm³/mol. The van der Waals surface area contributed by atoms with Gasteiger partial charge >= 0.3 is 0 Å². The molecule has 0 atom stereocenters. The summed E-state index contributed by atoms with van der Waals surface area (Å²) in [6.45, 7) is 16.1. The second-order valence-corrected chi connectivity index (χ2v) is 10.2. The summed E-state index contributed by atoms with van der Waals surface area (Å²) in [5.74, 6) is -0.370. The minimum absolute atomic E-state index is 0.232. The zero-order valence-corrected chi connectivity index (χ0v) is 18.8. The van der Waals surface area contributed by atoms with Gasteiger partial charge < -0.3 is 15.5 Å². The van der Waals surface area contributed by atoms with Crippen LogP contribution in [0.4, 0.5) is 0 Å². The van der Waals surface area contributed by atoms with Gasteiger partial charge in [0.2, 0.25) is 0 Å². The normalized spacial score (nSPS) is 25.7. The Morgan fingerprint density at radius 2 is 0.821 bits per heavy atom. The molecule has 2 rings (SSSR count). The van der Waals surface area contributed by atoms with E-state index in [1.807, 2.05) is 55.4 Å². The fraction of sp³-hybridized carbons (Fsp3) is 0.850. The van der Waals surface area contributed by atoms with Crippen molar-refractivity contribution in [2.75, 3.05) is 0 Å². The van der Waals surface area contributed by atoms with Crippen LogP contribution in [0.25, 0.3) is 0 Å². The van der Waals surface area contributed by atoms with Gasteiger partial charge in [-0.2, -0.15) is 10.1 Å². The summed E-state index contributed by atoms with van der Waals surface area (Å²) in [5, 5.41) is 29.6. The number of carboxylic acids is 1. The number of nitrogens with zero attached hydrogens (tertiary/aromatic N) is 2. The van der Waals surface area contributed by atoms with Crippen LogP contribution in [0.2, 0.25) is 0 Å². The van der Waals surface area contributed by atoms with Crippen molar-refractivity contribution in [3.63, 3.8) is 0 Å². The molecule has 0 amide bonds. The van der Waals surface area contributed by atoms with Crippen LogP contribution in [0.5, 0.6) is 0 Å². The molecule has 28 heavy (non-hydrogen) atoms. The first-order valence-electron chi connectivity index (χ1n) is 9.46. The van der Waals surface area contributed by atoms with Gasteiger partial charge in [-0.15, -0.1) is 0 Å². The number of aliphatic carboxylic acids is 1. The lowest BCUT2D eigenvalue weighted by atomic mass is 9.81. The van der Waals surface area contributed by atoms with Crippen LogP contribution >= 0.6 is 0 Å². The lowest BCUT2D eigenvalue weighted by Gasteiger charge is -2.47. The van der Waals surface area contributed by atoms with Crippen molar-refractivity contribution in [2.45, 2.75) is 110 Å². The first kappa shape index (κ1) is 26.6. The largest absolute Gasteiger partial charge is 0.481 e. The monoisotopic (exact) mass is 402 g/mol. The fourth-order valence-corrected chi connectivity index (χ4v) is 3.99. The molecule has 2 aliphatic heterocycles. The van der Waals surface area contributed by atoms with E-state index >= 15 is 0 Å². The van der Waals surface area contributed by atoms with Crippen molar-refractivity contribution in [3.8, 4) is 0 Å². The summed E-state index contributed by atoms with van der Waals surface area (Å²) in [7, 11) is 0. The summed E-state index contributed by atoms with van der Waals surface area (Å²) < 4.78 is 0. The van der Waals surface area contributed by atoms with Gasteiger partial charge in [-0.1, -0.05) is 0 Å². The highest BCUT2D eigenvalue weighted by atomic mass is 16.5. The summed E-state index contributed by atoms with van der Waals surface area (Å²) in [4.78, 5) is 31.6. The Labute approximate surface area is 168 Å². The highest BCUT2D eigenvalue weighted by Crippen LogP contribution is 2.35. The molecule has 0 unspecified atom stereocenters. The van der Waals surface area contributed by atoms with Crippen molar-refractivity contribution in [2.24, 2.45) is 0 Å². The minimum Gasteiger partial charge on any atom is -0.481 e. The maximum atomic E-state index is 11.3. The van der Waals surface area contributed by atoms with E-state index in [1.165, 1.54) is 10.1 Å². The Kier molecular flexibility index (Phi) is 8.55. The standard InChI is InChI=1S/2C9H17NO2.C2H4O2/c2*1-8(2)5-7(11)6-9(3,4)10(8)12;1-2(3)4/h2*12H,5-6H2,1-4H3;1H3,(H,3,4). The zero-order valence-electron chi connectivity index (χ0n) is 18.8. The lowest BCUT2D eigenvalue weighted by Crippen LogP contribution is -2.59. The SMILES string of the molecule is CC(=O)O.CC1(C)CC(=O)CC(C)(C)N1O.CC1(C)CC(=O)CC(C)(C)N1O. The number of rotatable bonds is 0. The third-order valence-electron chi connectivity index (χ3n) is 4.81. The van der Waals surface area contributed by atoms with E-state index in [0.717, 1.165) is 6.92 Å². The molecule has 0 aliphatic carbocycles. The molecule has 0 aromatic heterocycles. The highest BCUT2D eigenvalue weighted by Gasteiger charge is 2.45. The van der Waals surface area contributed by atoms with Gasteiger partial charge in [-0.25, -0.2) is 0 Å². The summed E-state index contributed by atoms with van der Waals surface area (Å²) in [6.07, 6.45) is 1.75. The Morgan fingerprint density at radius 3 is 0.964 bits per heavy atom. The number of piperidine rings is 2. The van der Waals surface area contributed by atoms with Gasteiger partial charge in [0.05, 0.1) is 0 Å². The Bertz CT molecular complexity index is 506. The molecule has 3 N–H and O–H groups in total. The molecule has 0 spiro atoms. The maximum absolute atomic E-state index is 11.3. The van der Waals surface area contributed by atoms with Crippen LogP contribution in [0.1, 0.15) is 88.0 Å². The fourth-order valence-electron chi connectivity index (χ4n) is 3.99. The van der Waals surface area contributed by atoms with E-state index in [4.69, 9.17) is 9.90 Å². The van der Waals surface area contributed by atoms with Gasteiger partial charge in [-0.3, -0.25) is 14.4 Å². The summed E-state index contributed by atoms with van der Waals surface area (Å²) in [5.41, 5.74) is -1.67. The van der Waals surface area contributed by atoms with Gasteiger partial charge in [0.25, 0.3) is 5.97 Å². The third-order valence-corrected chi connectivity index (χ3v) is 4.81. The van der Waals surface area contributed by atoms with Gasteiger partial charge in [0.15, 0.2) is 0 Å². The number of ketones is 2. The molecule has 2 fully saturated rings. The van der Waals surface area contributed by atoms with Crippen molar-refractivity contribution in [1.29, 1.82) is 0 Å². The first-order valence-corrected chi connectivity index (χ1v) is 9.46. The maximum Gasteiger partial charge on any atom is 0.300 e. The number of Topliss-reactive ketones (excluding diaryl/α,β-unsaturated/α-hetero) is 2. The van der Waals surface area contributed by atoms with Crippen LogP contribution in [0.15, 0.2) is 0 Å². The number of carbonyl (C=O) groups excluding carboxylic acids is 2. The molecular formula is C20H38N2O6. The molecule has 0 aromatic carbocycles.